The van der Waals surface area contributed by atoms with Crippen LogP contribution in [0, 0.1) is 11.6 Å². The molecule has 0 spiro atoms. The Morgan fingerprint density at radius 1 is 1.00 bits per heavy atom. The fourth-order valence-corrected chi connectivity index (χ4v) is 3.41. The Kier molecular flexibility index (Phi) is 5.27. The Balaban J connectivity index is 2.34. The van der Waals surface area contributed by atoms with Crippen LogP contribution in [-0.2, 0) is 11.6 Å². The van der Waals surface area contributed by atoms with Crippen molar-refractivity contribution in [1.82, 2.24) is 20.2 Å². The van der Waals surface area contributed by atoms with Crippen LogP contribution in [0.2, 0.25) is 0 Å². The predicted octanol–water partition coefficient (Wildman–Crippen LogP) is 2.63. The Hall–Kier alpha value is -2.74. The van der Waals surface area contributed by atoms with Gasteiger partial charge in [0, 0.05) is 12.6 Å². The fourth-order valence-electron chi connectivity index (χ4n) is 2.70. The number of hydrogen-bond acceptors (Lipinski definition) is 4. The molecule has 1 aromatic heterocycles. The molecule has 3 rings (SSSR count). The second kappa shape index (κ2) is 7.48. The van der Waals surface area contributed by atoms with Gasteiger partial charge in [-0.3, -0.25) is 4.57 Å². The maximum absolute atomic E-state index is 13.4. The number of benzene rings is 2. The predicted molar refractivity (Wildman–Crippen MR) is 94.4 cm³/mol. The first kappa shape index (κ1) is 19.0. The number of aryl methyl sites for hydroxylation is 1. The molecule has 2 N–H and O–H groups in total. The van der Waals surface area contributed by atoms with E-state index in [9.17, 15) is 23.1 Å². The molecule has 27 heavy (non-hydrogen) atoms. The average Bonchev–Trinajstić information content (AvgIpc) is 3.02. The molecule has 0 saturated heterocycles. The SMILES string of the molecule is Cn1nnnc1C(CP(=O)(O)O)=C(c1ccc(F)cc1)c1ccc(F)cc1. The average molecular weight is 392 g/mol. The lowest BCUT2D eigenvalue weighted by Gasteiger charge is -2.16. The van der Waals surface area contributed by atoms with Crippen molar-refractivity contribution < 1.29 is 23.1 Å². The van der Waals surface area contributed by atoms with E-state index in [1.165, 1.54) is 60.3 Å². The number of halogens is 2. The third-order valence-corrected chi connectivity index (χ3v) is 4.55. The summed E-state index contributed by atoms with van der Waals surface area (Å²) >= 11 is 0. The van der Waals surface area contributed by atoms with Crippen molar-refractivity contribution in [2.45, 2.75) is 0 Å². The smallest absolute Gasteiger partial charge is 0.324 e. The first-order valence-electron chi connectivity index (χ1n) is 7.77. The van der Waals surface area contributed by atoms with Gasteiger partial charge in [0.25, 0.3) is 0 Å². The van der Waals surface area contributed by atoms with Crippen LogP contribution in [-0.4, -0.2) is 36.2 Å². The van der Waals surface area contributed by atoms with Crippen LogP contribution in [0.5, 0.6) is 0 Å². The Labute approximate surface area is 153 Å². The molecule has 0 aliphatic heterocycles. The van der Waals surface area contributed by atoms with E-state index < -0.39 is 25.4 Å². The molecule has 0 atom stereocenters. The largest absolute Gasteiger partial charge is 0.330 e. The zero-order valence-electron chi connectivity index (χ0n) is 14.1. The van der Waals surface area contributed by atoms with Gasteiger partial charge in [0.1, 0.15) is 11.6 Å². The normalized spacial score (nSPS) is 11.4. The Morgan fingerprint density at radius 3 is 1.85 bits per heavy atom. The van der Waals surface area contributed by atoms with Crippen molar-refractivity contribution in [1.29, 1.82) is 0 Å². The van der Waals surface area contributed by atoms with Crippen LogP contribution >= 0.6 is 7.60 Å². The van der Waals surface area contributed by atoms with Crippen LogP contribution in [0.25, 0.3) is 11.1 Å². The first-order chi connectivity index (χ1) is 12.7. The Bertz CT molecular complexity index is 980. The minimum absolute atomic E-state index is 0.141. The van der Waals surface area contributed by atoms with E-state index in [1.807, 2.05) is 0 Å². The highest BCUT2D eigenvalue weighted by Crippen LogP contribution is 2.43. The second-order valence-electron chi connectivity index (χ2n) is 5.82. The molecule has 7 nitrogen and oxygen atoms in total. The van der Waals surface area contributed by atoms with Crippen LogP contribution in [0.1, 0.15) is 17.0 Å². The standard InChI is InChI=1S/C17H15F2N4O3P/c1-23-17(20-21-22-23)15(10-27(24,25)26)16(11-2-6-13(18)7-3-11)12-4-8-14(19)9-5-12/h2-9H,10H2,1H3,(H2,24,25,26). The summed E-state index contributed by atoms with van der Waals surface area (Å²) in [6, 6.07) is 10.8. The molecule has 0 saturated carbocycles. The summed E-state index contributed by atoms with van der Waals surface area (Å²) in [4.78, 5) is 19.2. The summed E-state index contributed by atoms with van der Waals surface area (Å²) in [7, 11) is -2.98. The number of rotatable bonds is 5. The number of tetrazole rings is 1. The van der Waals surface area contributed by atoms with Crippen LogP contribution in [0.15, 0.2) is 48.5 Å². The maximum Gasteiger partial charge on any atom is 0.330 e. The molecule has 0 radical (unpaired) electrons. The molecule has 10 heteroatoms. The number of allylic oxidation sites excluding steroid dienone is 1. The number of aromatic nitrogens is 4. The van der Waals surface area contributed by atoms with E-state index in [2.05, 4.69) is 15.5 Å². The van der Waals surface area contributed by atoms with E-state index in [0.29, 0.717) is 16.7 Å². The minimum atomic E-state index is -4.51. The highest BCUT2D eigenvalue weighted by Gasteiger charge is 2.26. The van der Waals surface area contributed by atoms with Gasteiger partial charge in [-0.1, -0.05) is 24.3 Å². The van der Waals surface area contributed by atoms with Gasteiger partial charge in [-0.15, -0.1) is 5.10 Å². The molecule has 0 aliphatic carbocycles. The lowest BCUT2D eigenvalue weighted by atomic mass is 9.93. The summed E-state index contributed by atoms with van der Waals surface area (Å²) in [5, 5.41) is 11.1. The lowest BCUT2D eigenvalue weighted by molar-refractivity contribution is 0.377. The van der Waals surface area contributed by atoms with Gasteiger partial charge in [0.15, 0.2) is 5.82 Å². The van der Waals surface area contributed by atoms with Gasteiger partial charge in [-0.25, -0.2) is 13.5 Å². The lowest BCUT2D eigenvalue weighted by Crippen LogP contribution is -2.06. The van der Waals surface area contributed by atoms with Gasteiger partial charge in [0.2, 0.25) is 0 Å². The zero-order chi connectivity index (χ0) is 19.6. The van der Waals surface area contributed by atoms with Gasteiger partial charge in [0.05, 0.1) is 6.16 Å². The van der Waals surface area contributed by atoms with Gasteiger partial charge < -0.3 is 9.79 Å². The molecule has 0 bridgehead atoms. The van der Waals surface area contributed by atoms with Crippen molar-refractivity contribution in [2.75, 3.05) is 6.16 Å². The number of nitrogens with zero attached hydrogens (tertiary/aromatic N) is 4. The molecule has 0 fully saturated rings. The second-order valence-corrected chi connectivity index (χ2v) is 7.46. The summed E-state index contributed by atoms with van der Waals surface area (Å²) in [6.07, 6.45) is -0.648. The van der Waals surface area contributed by atoms with E-state index >= 15 is 0 Å². The van der Waals surface area contributed by atoms with E-state index in [-0.39, 0.29) is 11.4 Å². The molecule has 140 valence electrons. The third-order valence-electron chi connectivity index (χ3n) is 3.82. The molecule has 0 amide bonds. The summed E-state index contributed by atoms with van der Waals surface area (Å²) in [5.74, 6) is -0.787. The van der Waals surface area contributed by atoms with Crippen molar-refractivity contribution in [3.05, 3.63) is 77.1 Å². The van der Waals surface area contributed by atoms with Crippen molar-refractivity contribution >= 4 is 18.7 Å². The topological polar surface area (TPSA) is 101 Å². The monoisotopic (exact) mass is 392 g/mol. The molecular weight excluding hydrogens is 377 g/mol. The molecular formula is C17H15F2N4O3P. The van der Waals surface area contributed by atoms with Crippen molar-refractivity contribution in [2.24, 2.45) is 7.05 Å². The fraction of sp³-hybridized carbons (Fsp3) is 0.118. The molecule has 0 aliphatic rings. The highest BCUT2D eigenvalue weighted by molar-refractivity contribution is 7.52. The van der Waals surface area contributed by atoms with Crippen LogP contribution in [0.4, 0.5) is 8.78 Å². The molecule has 1 heterocycles. The van der Waals surface area contributed by atoms with Crippen molar-refractivity contribution in [3.63, 3.8) is 0 Å². The van der Waals surface area contributed by atoms with E-state index in [4.69, 9.17) is 0 Å². The van der Waals surface area contributed by atoms with E-state index in [0.717, 1.165) is 0 Å². The van der Waals surface area contributed by atoms with Crippen LogP contribution in [0.3, 0.4) is 0 Å². The first-order valence-corrected chi connectivity index (χ1v) is 9.57. The van der Waals surface area contributed by atoms with E-state index in [1.54, 1.807) is 0 Å². The zero-order valence-corrected chi connectivity index (χ0v) is 15.0. The summed E-state index contributed by atoms with van der Waals surface area (Å²) in [6.45, 7) is 0. The van der Waals surface area contributed by atoms with Gasteiger partial charge in [-0.05, 0) is 51.4 Å². The molecule has 2 aromatic carbocycles. The maximum atomic E-state index is 13.4. The van der Waals surface area contributed by atoms with Crippen LogP contribution < -0.4 is 0 Å². The summed E-state index contributed by atoms with van der Waals surface area (Å²) < 4.78 is 39.8. The Morgan fingerprint density at radius 2 is 1.48 bits per heavy atom. The minimum Gasteiger partial charge on any atom is -0.324 e. The molecule has 0 unspecified atom stereocenters. The number of hydrogen-bond donors (Lipinski definition) is 2. The van der Waals surface area contributed by atoms with Gasteiger partial charge >= 0.3 is 7.60 Å². The summed E-state index contributed by atoms with van der Waals surface area (Å²) in [5.41, 5.74) is 1.49. The van der Waals surface area contributed by atoms with Crippen molar-refractivity contribution in [3.8, 4) is 0 Å². The quantitative estimate of drug-likeness (QED) is 0.648. The van der Waals surface area contributed by atoms with Gasteiger partial charge in [-0.2, -0.15) is 0 Å². The molecule has 3 aromatic rings. The highest BCUT2D eigenvalue weighted by atomic mass is 31.2. The third kappa shape index (κ3) is 4.51.